The third-order valence-corrected chi connectivity index (χ3v) is 2.85. The van der Waals surface area contributed by atoms with Gasteiger partial charge >= 0.3 is 0 Å². The van der Waals surface area contributed by atoms with Gasteiger partial charge in [0.2, 0.25) is 0 Å². The SMILES string of the molecule is Cn1ncnc1COCC1CCNCC1. The van der Waals surface area contributed by atoms with E-state index in [1.165, 1.54) is 12.8 Å². The van der Waals surface area contributed by atoms with Gasteiger partial charge in [-0.1, -0.05) is 0 Å². The third kappa shape index (κ3) is 3.00. The fraction of sp³-hybridized carbons (Fsp3) is 0.800. The Hall–Kier alpha value is -0.940. The van der Waals surface area contributed by atoms with Gasteiger partial charge < -0.3 is 10.1 Å². The molecule has 0 bridgehead atoms. The minimum atomic E-state index is 0.570. The van der Waals surface area contributed by atoms with E-state index in [2.05, 4.69) is 15.4 Å². The monoisotopic (exact) mass is 210 g/mol. The number of nitrogens with one attached hydrogen (secondary N) is 1. The minimum Gasteiger partial charge on any atom is -0.373 e. The molecule has 2 heterocycles. The van der Waals surface area contributed by atoms with Crippen LogP contribution in [-0.2, 0) is 18.4 Å². The molecule has 5 nitrogen and oxygen atoms in total. The quantitative estimate of drug-likeness (QED) is 0.778. The first-order valence-corrected chi connectivity index (χ1v) is 5.47. The van der Waals surface area contributed by atoms with Gasteiger partial charge in [0.25, 0.3) is 0 Å². The van der Waals surface area contributed by atoms with Crippen LogP contribution in [0.4, 0.5) is 0 Å². The molecule has 0 atom stereocenters. The molecule has 1 aliphatic rings. The van der Waals surface area contributed by atoms with Crippen molar-refractivity contribution in [1.29, 1.82) is 0 Å². The minimum absolute atomic E-state index is 0.570. The van der Waals surface area contributed by atoms with Crippen molar-refractivity contribution < 1.29 is 4.74 Å². The second-order valence-electron chi connectivity index (χ2n) is 4.01. The zero-order chi connectivity index (χ0) is 10.5. The molecule has 0 saturated carbocycles. The van der Waals surface area contributed by atoms with E-state index < -0.39 is 0 Å². The van der Waals surface area contributed by atoms with Crippen LogP contribution in [0.3, 0.4) is 0 Å². The van der Waals surface area contributed by atoms with Gasteiger partial charge in [0.1, 0.15) is 12.9 Å². The lowest BCUT2D eigenvalue weighted by Crippen LogP contribution is -2.30. The maximum atomic E-state index is 5.65. The fourth-order valence-electron chi connectivity index (χ4n) is 1.82. The summed E-state index contributed by atoms with van der Waals surface area (Å²) in [6.45, 7) is 3.66. The van der Waals surface area contributed by atoms with Crippen LogP contribution >= 0.6 is 0 Å². The highest BCUT2D eigenvalue weighted by atomic mass is 16.5. The zero-order valence-electron chi connectivity index (χ0n) is 9.15. The number of aromatic nitrogens is 3. The summed E-state index contributed by atoms with van der Waals surface area (Å²) < 4.78 is 7.40. The van der Waals surface area contributed by atoms with Crippen LogP contribution in [0.5, 0.6) is 0 Å². The highest BCUT2D eigenvalue weighted by Crippen LogP contribution is 2.12. The average Bonchev–Trinajstić information content (AvgIpc) is 2.66. The summed E-state index contributed by atoms with van der Waals surface area (Å²) in [6, 6.07) is 0. The molecule has 1 saturated heterocycles. The molecule has 15 heavy (non-hydrogen) atoms. The van der Waals surface area contributed by atoms with Gasteiger partial charge in [-0.05, 0) is 31.8 Å². The molecule has 1 aromatic heterocycles. The Bertz CT molecular complexity index is 293. The van der Waals surface area contributed by atoms with Gasteiger partial charge in [0.15, 0.2) is 5.82 Å². The van der Waals surface area contributed by atoms with E-state index >= 15 is 0 Å². The predicted octanol–water partition coefficient (Wildman–Crippen LogP) is 0.331. The van der Waals surface area contributed by atoms with Crippen molar-refractivity contribution in [2.45, 2.75) is 19.4 Å². The highest BCUT2D eigenvalue weighted by Gasteiger charge is 2.13. The number of ether oxygens (including phenoxy) is 1. The van der Waals surface area contributed by atoms with Crippen molar-refractivity contribution in [2.24, 2.45) is 13.0 Å². The summed E-state index contributed by atoms with van der Waals surface area (Å²) in [7, 11) is 1.89. The van der Waals surface area contributed by atoms with Gasteiger partial charge in [-0.25, -0.2) is 4.98 Å². The van der Waals surface area contributed by atoms with E-state index in [1.54, 1.807) is 11.0 Å². The van der Waals surface area contributed by atoms with Gasteiger partial charge in [-0.2, -0.15) is 5.10 Å². The number of hydrogen-bond acceptors (Lipinski definition) is 4. The number of nitrogens with zero attached hydrogens (tertiary/aromatic N) is 3. The van der Waals surface area contributed by atoms with Crippen molar-refractivity contribution >= 4 is 0 Å². The Labute approximate surface area is 89.8 Å². The van der Waals surface area contributed by atoms with Gasteiger partial charge in [0.05, 0.1) is 6.61 Å². The Morgan fingerprint density at radius 3 is 3.00 bits per heavy atom. The molecule has 0 amide bonds. The summed E-state index contributed by atoms with van der Waals surface area (Å²) in [4.78, 5) is 4.11. The lowest BCUT2D eigenvalue weighted by atomic mass is 9.99. The lowest BCUT2D eigenvalue weighted by molar-refractivity contribution is 0.0706. The fourth-order valence-corrected chi connectivity index (χ4v) is 1.82. The Morgan fingerprint density at radius 2 is 2.33 bits per heavy atom. The van der Waals surface area contributed by atoms with Crippen molar-refractivity contribution in [3.63, 3.8) is 0 Å². The van der Waals surface area contributed by atoms with Crippen molar-refractivity contribution in [1.82, 2.24) is 20.1 Å². The molecule has 1 aromatic rings. The first-order valence-electron chi connectivity index (χ1n) is 5.47. The molecule has 0 aliphatic carbocycles. The largest absolute Gasteiger partial charge is 0.373 e. The number of hydrogen-bond donors (Lipinski definition) is 1. The number of piperidine rings is 1. The molecule has 5 heteroatoms. The van der Waals surface area contributed by atoms with E-state index in [4.69, 9.17) is 4.74 Å². The first kappa shape index (κ1) is 10.6. The molecule has 0 radical (unpaired) electrons. The summed E-state index contributed by atoms with van der Waals surface area (Å²) in [5, 5.41) is 7.34. The first-order chi connectivity index (χ1) is 7.36. The number of aryl methyl sites for hydroxylation is 1. The van der Waals surface area contributed by atoms with Crippen LogP contribution in [0.15, 0.2) is 6.33 Å². The van der Waals surface area contributed by atoms with Crippen LogP contribution in [0.25, 0.3) is 0 Å². The summed E-state index contributed by atoms with van der Waals surface area (Å²) in [5.74, 6) is 1.60. The predicted molar refractivity (Wildman–Crippen MR) is 56.3 cm³/mol. The van der Waals surface area contributed by atoms with E-state index in [0.717, 1.165) is 25.5 Å². The van der Waals surface area contributed by atoms with E-state index in [1.807, 2.05) is 7.05 Å². The molecule has 2 rings (SSSR count). The molecule has 0 unspecified atom stereocenters. The molecule has 84 valence electrons. The van der Waals surface area contributed by atoms with Crippen LogP contribution in [0.1, 0.15) is 18.7 Å². The normalized spacial score (nSPS) is 18.2. The zero-order valence-corrected chi connectivity index (χ0v) is 9.15. The second-order valence-corrected chi connectivity index (χ2v) is 4.01. The third-order valence-electron chi connectivity index (χ3n) is 2.85. The van der Waals surface area contributed by atoms with E-state index in [0.29, 0.717) is 12.5 Å². The van der Waals surface area contributed by atoms with Gasteiger partial charge in [-0.15, -0.1) is 0 Å². The molecule has 1 fully saturated rings. The van der Waals surface area contributed by atoms with Crippen LogP contribution < -0.4 is 5.32 Å². The van der Waals surface area contributed by atoms with Crippen LogP contribution in [0.2, 0.25) is 0 Å². The van der Waals surface area contributed by atoms with Gasteiger partial charge in [-0.3, -0.25) is 4.68 Å². The Balaban J connectivity index is 1.68. The Kier molecular flexibility index (Phi) is 3.69. The smallest absolute Gasteiger partial charge is 0.152 e. The lowest BCUT2D eigenvalue weighted by Gasteiger charge is -2.22. The molecular formula is C10H18N4O. The maximum absolute atomic E-state index is 5.65. The molecule has 1 N–H and O–H groups in total. The van der Waals surface area contributed by atoms with Crippen molar-refractivity contribution in [3.8, 4) is 0 Å². The molecule has 0 spiro atoms. The van der Waals surface area contributed by atoms with Crippen LogP contribution in [0, 0.1) is 5.92 Å². The summed E-state index contributed by atoms with van der Waals surface area (Å²) in [5.41, 5.74) is 0. The van der Waals surface area contributed by atoms with Crippen LogP contribution in [-0.4, -0.2) is 34.5 Å². The second kappa shape index (κ2) is 5.23. The van der Waals surface area contributed by atoms with Gasteiger partial charge in [0, 0.05) is 7.05 Å². The van der Waals surface area contributed by atoms with Crippen molar-refractivity contribution in [3.05, 3.63) is 12.2 Å². The average molecular weight is 210 g/mol. The topological polar surface area (TPSA) is 52.0 Å². The molecular weight excluding hydrogens is 192 g/mol. The standard InChI is InChI=1S/C10H18N4O/c1-14-10(12-8-13-14)7-15-6-9-2-4-11-5-3-9/h8-9,11H,2-7H2,1H3. The van der Waals surface area contributed by atoms with E-state index in [9.17, 15) is 0 Å². The summed E-state index contributed by atoms with van der Waals surface area (Å²) in [6.07, 6.45) is 4.00. The summed E-state index contributed by atoms with van der Waals surface area (Å²) >= 11 is 0. The van der Waals surface area contributed by atoms with E-state index in [-0.39, 0.29) is 0 Å². The van der Waals surface area contributed by atoms with Crippen molar-refractivity contribution in [2.75, 3.05) is 19.7 Å². The number of rotatable bonds is 4. The maximum Gasteiger partial charge on any atom is 0.152 e. The Morgan fingerprint density at radius 1 is 1.53 bits per heavy atom. The molecule has 1 aliphatic heterocycles. The highest BCUT2D eigenvalue weighted by molar-refractivity contribution is 4.79. The molecule has 0 aromatic carbocycles.